The molecule has 32 heavy (non-hydrogen) atoms. The molecule has 0 unspecified atom stereocenters. The van der Waals surface area contributed by atoms with Crippen molar-refractivity contribution in [3.8, 4) is 0 Å². The fourth-order valence-electron chi connectivity index (χ4n) is 3.35. The van der Waals surface area contributed by atoms with Crippen molar-refractivity contribution in [2.24, 2.45) is 0 Å². The van der Waals surface area contributed by atoms with Gasteiger partial charge in [0.2, 0.25) is 0 Å². The first-order chi connectivity index (χ1) is 15.1. The Morgan fingerprint density at radius 3 is 2.66 bits per heavy atom. The Bertz CT molecular complexity index is 1410. The van der Waals surface area contributed by atoms with Gasteiger partial charge in [-0.2, -0.15) is 13.2 Å². The topological polar surface area (TPSA) is 73.8 Å². The van der Waals surface area contributed by atoms with E-state index >= 15 is 0 Å². The van der Waals surface area contributed by atoms with E-state index in [1.165, 1.54) is 6.07 Å². The number of pyridine rings is 1. The van der Waals surface area contributed by atoms with Crippen LogP contribution in [-0.2, 0) is 17.5 Å². The number of alkyl halides is 3. The van der Waals surface area contributed by atoms with Gasteiger partial charge >= 0.3 is 17.8 Å². The van der Waals surface area contributed by atoms with Crippen LogP contribution in [0.25, 0.3) is 16.6 Å². The molecule has 1 aromatic carbocycles. The van der Waals surface area contributed by atoms with Crippen LogP contribution in [-0.4, -0.2) is 15.4 Å². The van der Waals surface area contributed by atoms with Crippen molar-refractivity contribution in [3.63, 3.8) is 0 Å². The maximum Gasteiger partial charge on any atom is 0.417 e. The number of carbonyl (C=O) groups excluding carboxylic acids is 1. The van der Waals surface area contributed by atoms with Gasteiger partial charge in [-0.15, -0.1) is 0 Å². The van der Waals surface area contributed by atoms with E-state index in [0.29, 0.717) is 16.7 Å². The number of para-hydroxylation sites is 1. The molecule has 0 amide bonds. The molecule has 0 bridgehead atoms. The number of esters is 1. The molecule has 3 aromatic heterocycles. The molecular weight excluding hydrogens is 449 g/mol. The van der Waals surface area contributed by atoms with Gasteiger partial charge in [-0.05, 0) is 24.1 Å². The van der Waals surface area contributed by atoms with Crippen molar-refractivity contribution < 1.29 is 27.1 Å². The number of fused-ring (bicyclic) bond motifs is 2. The average Bonchev–Trinajstić information content (AvgIpc) is 3.10. The number of imidazole rings is 1. The van der Waals surface area contributed by atoms with Crippen LogP contribution in [0.1, 0.15) is 47.1 Å². The summed E-state index contributed by atoms with van der Waals surface area (Å²) in [6, 6.07) is 8.79. The minimum atomic E-state index is -4.63. The minimum Gasteiger partial charge on any atom is -0.455 e. The van der Waals surface area contributed by atoms with E-state index in [9.17, 15) is 22.8 Å². The quantitative estimate of drug-likeness (QED) is 0.290. The van der Waals surface area contributed by atoms with Gasteiger partial charge in [0.1, 0.15) is 17.8 Å². The number of hydrogen-bond acceptors (Lipinski definition) is 5. The maximum atomic E-state index is 13.3. The van der Waals surface area contributed by atoms with Crippen molar-refractivity contribution in [1.82, 2.24) is 9.38 Å². The summed E-state index contributed by atoms with van der Waals surface area (Å²) in [5.41, 5.74) is -1.10. The summed E-state index contributed by atoms with van der Waals surface area (Å²) in [4.78, 5) is 29.1. The normalized spacial score (nSPS) is 12.1. The smallest absolute Gasteiger partial charge is 0.417 e. The molecule has 166 valence electrons. The molecule has 0 aliphatic rings. The molecule has 0 fully saturated rings. The molecule has 6 nitrogen and oxygen atoms in total. The van der Waals surface area contributed by atoms with Crippen molar-refractivity contribution in [2.45, 2.75) is 32.5 Å². The van der Waals surface area contributed by atoms with Gasteiger partial charge in [0.15, 0.2) is 5.65 Å². The fourth-order valence-corrected chi connectivity index (χ4v) is 3.60. The number of rotatable bonds is 4. The molecule has 0 radical (unpaired) electrons. The van der Waals surface area contributed by atoms with Crippen LogP contribution in [0.5, 0.6) is 0 Å². The predicted molar refractivity (Wildman–Crippen MR) is 111 cm³/mol. The molecule has 0 aliphatic heterocycles. The lowest BCUT2D eigenvalue weighted by molar-refractivity contribution is -0.137. The lowest BCUT2D eigenvalue weighted by Gasteiger charge is -2.11. The number of aromatic nitrogens is 2. The third-order valence-corrected chi connectivity index (χ3v) is 5.16. The molecule has 4 aromatic rings. The molecule has 3 heterocycles. The summed E-state index contributed by atoms with van der Waals surface area (Å²) in [6.07, 6.45) is -3.77. The third kappa shape index (κ3) is 3.95. The summed E-state index contributed by atoms with van der Waals surface area (Å²) in [7, 11) is 0. The summed E-state index contributed by atoms with van der Waals surface area (Å²) >= 11 is 6.05. The Labute approximate surface area is 184 Å². The summed E-state index contributed by atoms with van der Waals surface area (Å²) in [5.74, 6) is -1.16. The number of benzene rings is 1. The summed E-state index contributed by atoms with van der Waals surface area (Å²) < 4.78 is 51.4. The monoisotopic (exact) mass is 464 g/mol. The standard InChI is InChI=1S/C22H16ClF3N2O4/c1-11(2)18-16(28-9-13(22(24,25)26)8-15(23)19(28)27-18)10-31-20(29)14-7-12-5-3-4-6-17(12)32-21(14)30/h3-9,11H,10H2,1-2H3. The molecule has 0 spiro atoms. The van der Waals surface area contributed by atoms with Gasteiger partial charge in [-0.25, -0.2) is 14.6 Å². The van der Waals surface area contributed by atoms with Gasteiger partial charge < -0.3 is 9.15 Å². The van der Waals surface area contributed by atoms with Gasteiger partial charge in [-0.1, -0.05) is 43.6 Å². The van der Waals surface area contributed by atoms with Crippen LogP contribution >= 0.6 is 11.6 Å². The zero-order valence-electron chi connectivity index (χ0n) is 16.9. The third-order valence-electron chi connectivity index (χ3n) is 4.88. The number of carbonyl (C=O) groups is 1. The summed E-state index contributed by atoms with van der Waals surface area (Å²) in [5, 5.41) is 0.341. The number of halogens is 4. The predicted octanol–water partition coefficient (Wildman–Crippen LogP) is 5.59. The highest BCUT2D eigenvalue weighted by Crippen LogP contribution is 2.34. The molecular formula is C22H16ClF3N2O4. The van der Waals surface area contributed by atoms with E-state index in [4.69, 9.17) is 20.8 Å². The molecule has 0 N–H and O–H groups in total. The number of nitrogens with zero attached hydrogens (tertiary/aromatic N) is 2. The van der Waals surface area contributed by atoms with E-state index in [-0.39, 0.29) is 27.8 Å². The van der Waals surface area contributed by atoms with E-state index in [1.54, 1.807) is 38.1 Å². The lowest BCUT2D eigenvalue weighted by Crippen LogP contribution is -2.17. The van der Waals surface area contributed by atoms with Gasteiger partial charge in [0, 0.05) is 11.6 Å². The second kappa shape index (κ2) is 7.98. The lowest BCUT2D eigenvalue weighted by atomic mass is 10.1. The second-order valence-electron chi connectivity index (χ2n) is 7.43. The zero-order chi connectivity index (χ0) is 23.2. The van der Waals surface area contributed by atoms with Crippen LogP contribution in [0.3, 0.4) is 0 Å². The Morgan fingerprint density at radius 1 is 1.25 bits per heavy atom. The highest BCUT2D eigenvalue weighted by molar-refractivity contribution is 6.33. The van der Waals surface area contributed by atoms with Crippen LogP contribution in [0.4, 0.5) is 13.2 Å². The van der Waals surface area contributed by atoms with E-state index < -0.39 is 29.9 Å². The highest BCUT2D eigenvalue weighted by Gasteiger charge is 2.33. The fraction of sp³-hybridized carbons (Fsp3) is 0.227. The first kappa shape index (κ1) is 21.9. The maximum absolute atomic E-state index is 13.3. The SMILES string of the molecule is CC(C)c1nc2c(Cl)cc(C(F)(F)F)cn2c1COC(=O)c1cc2ccccc2oc1=O. The first-order valence-electron chi connectivity index (χ1n) is 9.54. The van der Waals surface area contributed by atoms with Crippen LogP contribution in [0.2, 0.25) is 5.02 Å². The highest BCUT2D eigenvalue weighted by atomic mass is 35.5. The summed E-state index contributed by atoms with van der Waals surface area (Å²) in [6.45, 7) is 3.17. The second-order valence-corrected chi connectivity index (χ2v) is 7.84. The molecule has 0 saturated carbocycles. The van der Waals surface area contributed by atoms with Crippen molar-refractivity contribution >= 4 is 34.2 Å². The Hall–Kier alpha value is -3.33. The molecule has 4 rings (SSSR count). The Balaban J connectivity index is 1.73. The van der Waals surface area contributed by atoms with E-state index in [0.717, 1.165) is 16.7 Å². The average molecular weight is 465 g/mol. The minimum absolute atomic E-state index is 0.111. The first-order valence-corrected chi connectivity index (χ1v) is 9.91. The number of ether oxygens (including phenoxy) is 1. The van der Waals surface area contributed by atoms with Crippen LogP contribution in [0.15, 0.2) is 51.8 Å². The number of hydrogen-bond donors (Lipinski definition) is 0. The van der Waals surface area contributed by atoms with Gasteiger partial charge in [0.25, 0.3) is 0 Å². The molecule has 10 heteroatoms. The zero-order valence-corrected chi connectivity index (χ0v) is 17.6. The van der Waals surface area contributed by atoms with Crippen molar-refractivity contribution in [3.05, 3.63) is 80.6 Å². The van der Waals surface area contributed by atoms with Crippen LogP contribution < -0.4 is 5.63 Å². The van der Waals surface area contributed by atoms with Gasteiger partial charge in [0.05, 0.1) is 22.0 Å². The van der Waals surface area contributed by atoms with Crippen molar-refractivity contribution in [1.29, 1.82) is 0 Å². The largest absolute Gasteiger partial charge is 0.455 e. The Kier molecular flexibility index (Phi) is 5.46. The van der Waals surface area contributed by atoms with E-state index in [2.05, 4.69) is 4.98 Å². The molecule has 0 atom stereocenters. The van der Waals surface area contributed by atoms with Crippen molar-refractivity contribution in [2.75, 3.05) is 0 Å². The molecule has 0 saturated heterocycles. The van der Waals surface area contributed by atoms with Gasteiger partial charge in [-0.3, -0.25) is 4.40 Å². The van der Waals surface area contributed by atoms with E-state index in [1.807, 2.05) is 0 Å². The molecule has 0 aliphatic carbocycles. The van der Waals surface area contributed by atoms with Crippen LogP contribution in [0, 0.1) is 0 Å². The Morgan fingerprint density at radius 2 is 1.97 bits per heavy atom.